The van der Waals surface area contributed by atoms with E-state index < -0.39 is 0 Å². The van der Waals surface area contributed by atoms with Crippen LogP contribution in [0.25, 0.3) is 0 Å². The first-order chi connectivity index (χ1) is 7.70. The van der Waals surface area contributed by atoms with Gasteiger partial charge in [-0.05, 0) is 49.4 Å². The Balaban J connectivity index is 1.91. The molecule has 2 rings (SSSR count). The maximum atomic E-state index is 13.7. The van der Waals surface area contributed by atoms with Crippen molar-refractivity contribution in [2.24, 2.45) is 0 Å². The summed E-state index contributed by atoms with van der Waals surface area (Å²) in [7, 11) is 0. The van der Waals surface area contributed by atoms with Gasteiger partial charge in [0.2, 0.25) is 0 Å². The van der Waals surface area contributed by atoms with Gasteiger partial charge in [-0.1, -0.05) is 28.9 Å². The van der Waals surface area contributed by atoms with Crippen LogP contribution in [0.15, 0.2) is 22.7 Å². The molecule has 1 nitrogen and oxygen atoms in total. The molecule has 0 aromatic heterocycles. The van der Waals surface area contributed by atoms with Crippen LogP contribution in [0.2, 0.25) is 0 Å². The van der Waals surface area contributed by atoms with Crippen molar-refractivity contribution < 1.29 is 4.39 Å². The van der Waals surface area contributed by atoms with Gasteiger partial charge in [-0.15, -0.1) is 0 Å². The van der Waals surface area contributed by atoms with Crippen LogP contribution >= 0.6 is 15.9 Å². The van der Waals surface area contributed by atoms with Crippen molar-refractivity contribution >= 4 is 15.9 Å². The monoisotopic (exact) mass is 285 g/mol. The third kappa shape index (κ3) is 2.64. The first-order valence-corrected chi connectivity index (χ1v) is 6.68. The van der Waals surface area contributed by atoms with Crippen LogP contribution in [-0.4, -0.2) is 12.6 Å². The van der Waals surface area contributed by atoms with E-state index in [9.17, 15) is 4.39 Å². The quantitative estimate of drug-likeness (QED) is 0.887. The normalized spacial score (nSPS) is 24.2. The molecule has 3 heteroatoms. The molecule has 0 spiro atoms. The highest BCUT2D eigenvalue weighted by molar-refractivity contribution is 9.10. The second-order valence-corrected chi connectivity index (χ2v) is 5.40. The van der Waals surface area contributed by atoms with Gasteiger partial charge in [-0.25, -0.2) is 4.39 Å². The van der Waals surface area contributed by atoms with Crippen molar-refractivity contribution in [3.63, 3.8) is 0 Å². The summed E-state index contributed by atoms with van der Waals surface area (Å²) in [6.07, 6.45) is 3.30. The van der Waals surface area contributed by atoms with Gasteiger partial charge in [0.05, 0.1) is 0 Å². The minimum absolute atomic E-state index is 0.0756. The molecule has 0 radical (unpaired) electrons. The molecule has 0 heterocycles. The molecule has 0 aliphatic heterocycles. The van der Waals surface area contributed by atoms with E-state index in [1.165, 1.54) is 0 Å². The van der Waals surface area contributed by atoms with E-state index in [2.05, 4.69) is 28.2 Å². The predicted molar refractivity (Wildman–Crippen MR) is 68.2 cm³/mol. The Morgan fingerprint density at radius 2 is 2.19 bits per heavy atom. The highest BCUT2D eigenvalue weighted by Gasteiger charge is 2.31. The maximum absolute atomic E-state index is 13.7. The fourth-order valence-corrected chi connectivity index (χ4v) is 2.55. The summed E-state index contributed by atoms with van der Waals surface area (Å²) in [4.78, 5) is 0. The average Bonchev–Trinajstić information content (AvgIpc) is 2.18. The van der Waals surface area contributed by atoms with Crippen molar-refractivity contribution in [2.75, 3.05) is 6.54 Å². The molecule has 0 atom stereocenters. The summed E-state index contributed by atoms with van der Waals surface area (Å²) in [5.74, 6) is 0.329. The average molecular weight is 286 g/mol. The Labute approximate surface area is 105 Å². The molecule has 1 aliphatic rings. The van der Waals surface area contributed by atoms with Crippen molar-refractivity contribution in [2.45, 2.75) is 38.1 Å². The molecule has 0 saturated heterocycles. The molecule has 1 aliphatic carbocycles. The number of nitrogens with one attached hydrogen (secondary N) is 1. The third-order valence-electron chi connectivity index (χ3n) is 3.22. The molecule has 1 N–H and O–H groups in total. The highest BCUT2D eigenvalue weighted by atomic mass is 79.9. The van der Waals surface area contributed by atoms with Crippen LogP contribution in [0.5, 0.6) is 0 Å². The number of benzene rings is 1. The summed E-state index contributed by atoms with van der Waals surface area (Å²) in [5, 5.41) is 3.47. The van der Waals surface area contributed by atoms with E-state index in [4.69, 9.17) is 0 Å². The summed E-state index contributed by atoms with van der Waals surface area (Å²) in [6, 6.07) is 5.97. The Hall–Kier alpha value is -0.410. The summed E-state index contributed by atoms with van der Waals surface area (Å²) in [6.45, 7) is 3.23. The van der Waals surface area contributed by atoms with E-state index in [0.29, 0.717) is 12.0 Å². The lowest BCUT2D eigenvalue weighted by Gasteiger charge is -2.36. The van der Waals surface area contributed by atoms with E-state index in [-0.39, 0.29) is 5.82 Å². The van der Waals surface area contributed by atoms with Crippen LogP contribution in [0.1, 0.15) is 37.7 Å². The van der Waals surface area contributed by atoms with Crippen LogP contribution in [0, 0.1) is 5.82 Å². The zero-order valence-electron chi connectivity index (χ0n) is 9.47. The minimum atomic E-state index is -0.0756. The topological polar surface area (TPSA) is 12.0 Å². The summed E-state index contributed by atoms with van der Waals surface area (Å²) >= 11 is 3.28. The van der Waals surface area contributed by atoms with Crippen LogP contribution in [0.3, 0.4) is 0 Å². The summed E-state index contributed by atoms with van der Waals surface area (Å²) in [5.41, 5.74) is 0.873. The lowest BCUT2D eigenvalue weighted by atomic mass is 9.75. The Morgan fingerprint density at radius 1 is 1.44 bits per heavy atom. The van der Waals surface area contributed by atoms with E-state index in [1.54, 1.807) is 6.07 Å². The zero-order chi connectivity index (χ0) is 11.5. The van der Waals surface area contributed by atoms with Gasteiger partial charge >= 0.3 is 0 Å². The van der Waals surface area contributed by atoms with E-state index >= 15 is 0 Å². The van der Waals surface area contributed by atoms with Gasteiger partial charge in [0.25, 0.3) is 0 Å². The standard InChI is InChI=1S/C13H17BrFN/c1-2-5-16-11-6-9(7-11)12-4-3-10(14)8-13(12)15/h3-4,8-9,11,16H,2,5-7H2,1H3. The molecule has 0 bridgehead atoms. The van der Waals surface area contributed by atoms with Crippen LogP contribution in [-0.2, 0) is 0 Å². The van der Waals surface area contributed by atoms with Gasteiger partial charge in [0.1, 0.15) is 5.82 Å². The van der Waals surface area contributed by atoms with Crippen LogP contribution in [0.4, 0.5) is 4.39 Å². The van der Waals surface area contributed by atoms with Gasteiger partial charge in [0.15, 0.2) is 0 Å². The largest absolute Gasteiger partial charge is 0.314 e. The number of rotatable bonds is 4. The minimum Gasteiger partial charge on any atom is -0.314 e. The molecule has 1 saturated carbocycles. The first kappa shape index (κ1) is 12.1. The van der Waals surface area contributed by atoms with Crippen molar-refractivity contribution in [3.8, 4) is 0 Å². The fraction of sp³-hybridized carbons (Fsp3) is 0.538. The maximum Gasteiger partial charge on any atom is 0.127 e. The first-order valence-electron chi connectivity index (χ1n) is 5.89. The Bertz CT molecular complexity index is 361. The van der Waals surface area contributed by atoms with Crippen molar-refractivity contribution in [3.05, 3.63) is 34.1 Å². The van der Waals surface area contributed by atoms with Gasteiger partial charge in [-0.2, -0.15) is 0 Å². The lowest BCUT2D eigenvalue weighted by Crippen LogP contribution is -2.40. The molecular formula is C13H17BrFN. The highest BCUT2D eigenvalue weighted by Crippen LogP contribution is 2.38. The van der Waals surface area contributed by atoms with Crippen molar-refractivity contribution in [1.82, 2.24) is 5.32 Å². The number of halogens is 2. The third-order valence-corrected chi connectivity index (χ3v) is 3.72. The summed E-state index contributed by atoms with van der Waals surface area (Å²) < 4.78 is 14.5. The zero-order valence-corrected chi connectivity index (χ0v) is 11.1. The second kappa shape index (κ2) is 5.28. The smallest absolute Gasteiger partial charge is 0.127 e. The Morgan fingerprint density at radius 3 is 2.81 bits per heavy atom. The van der Waals surface area contributed by atoms with E-state index in [0.717, 1.165) is 35.8 Å². The molecule has 88 valence electrons. The number of hydrogen-bond donors (Lipinski definition) is 1. The van der Waals surface area contributed by atoms with Crippen LogP contribution < -0.4 is 5.32 Å². The SMILES string of the molecule is CCCNC1CC(c2ccc(Br)cc2F)C1. The van der Waals surface area contributed by atoms with Crippen molar-refractivity contribution in [1.29, 1.82) is 0 Å². The lowest BCUT2D eigenvalue weighted by molar-refractivity contribution is 0.286. The predicted octanol–water partition coefficient (Wildman–Crippen LogP) is 3.83. The Kier molecular flexibility index (Phi) is 3.98. The molecule has 0 amide bonds. The van der Waals surface area contributed by atoms with Gasteiger partial charge in [0, 0.05) is 10.5 Å². The van der Waals surface area contributed by atoms with Gasteiger partial charge in [-0.3, -0.25) is 0 Å². The molecule has 1 aromatic carbocycles. The van der Waals surface area contributed by atoms with E-state index in [1.807, 2.05) is 12.1 Å². The fourth-order valence-electron chi connectivity index (χ4n) is 2.22. The molecule has 0 unspecified atom stereocenters. The second-order valence-electron chi connectivity index (χ2n) is 4.49. The molecule has 1 fully saturated rings. The van der Waals surface area contributed by atoms with Gasteiger partial charge < -0.3 is 5.32 Å². The molecule has 16 heavy (non-hydrogen) atoms. The molecule has 1 aromatic rings. The number of hydrogen-bond acceptors (Lipinski definition) is 1. The molecular weight excluding hydrogens is 269 g/mol.